The largest absolute Gasteiger partial charge is 0.323 e. The Morgan fingerprint density at radius 3 is 2.56 bits per heavy atom. The minimum Gasteiger partial charge on any atom is -0.308 e. The zero-order chi connectivity index (χ0) is 18.8. The molecule has 0 bridgehead atoms. The van der Waals surface area contributed by atoms with Gasteiger partial charge in [-0.25, -0.2) is 4.79 Å². The van der Waals surface area contributed by atoms with Gasteiger partial charge in [-0.15, -0.1) is 0 Å². The van der Waals surface area contributed by atoms with Gasteiger partial charge in [-0.05, 0) is 41.5 Å². The number of halogens is 1. The van der Waals surface area contributed by atoms with Gasteiger partial charge in [-0.1, -0.05) is 34.1 Å². The maximum atomic E-state index is 12.1. The molecule has 0 spiro atoms. The van der Waals surface area contributed by atoms with Crippen molar-refractivity contribution in [3.8, 4) is 11.1 Å². The molecular weight excluding hydrogens is 410 g/mol. The second-order valence-electron chi connectivity index (χ2n) is 5.86. The van der Waals surface area contributed by atoms with E-state index < -0.39 is 0 Å². The highest BCUT2D eigenvalue weighted by Crippen LogP contribution is 2.26. The molecule has 2 aromatic carbocycles. The van der Waals surface area contributed by atoms with E-state index in [0.717, 1.165) is 21.0 Å². The number of pyridine rings is 1. The number of nitrogens with zero attached hydrogens (tertiary/aromatic N) is 1. The number of fused-ring (bicyclic) bond motifs is 1. The third-order valence-corrected chi connectivity index (χ3v) is 4.48. The second-order valence-corrected chi connectivity index (χ2v) is 6.78. The zero-order valence-corrected chi connectivity index (χ0v) is 15.5. The van der Waals surface area contributed by atoms with E-state index >= 15 is 0 Å². The predicted molar refractivity (Wildman–Crippen MR) is 109 cm³/mol. The standard InChI is InChI=1S/C19H14BrN5O2/c20-12-2-1-3-14(8-12)23-19(27)22-13-6-4-11(5-7-13)15-9-17(26)24-18-16(15)10-21-25-18/h1-10H,(H2,22,23,27)(H2,21,24,25,26). The number of amides is 2. The van der Waals surface area contributed by atoms with Gasteiger partial charge < -0.3 is 15.6 Å². The number of carbonyl (C=O) groups is 1. The highest BCUT2D eigenvalue weighted by atomic mass is 79.9. The minimum atomic E-state index is -0.339. The van der Waals surface area contributed by atoms with Crippen LogP contribution in [0.4, 0.5) is 16.2 Å². The number of urea groups is 1. The highest BCUT2D eigenvalue weighted by molar-refractivity contribution is 9.10. The fourth-order valence-corrected chi connectivity index (χ4v) is 3.18. The predicted octanol–water partition coefficient (Wildman–Crippen LogP) is 4.32. The normalized spacial score (nSPS) is 10.7. The summed E-state index contributed by atoms with van der Waals surface area (Å²) in [5, 5.41) is 13.1. The van der Waals surface area contributed by atoms with Crippen LogP contribution in [0.15, 0.2) is 70.1 Å². The number of anilines is 2. The van der Waals surface area contributed by atoms with Crippen molar-refractivity contribution in [2.24, 2.45) is 0 Å². The molecule has 0 aliphatic carbocycles. The number of rotatable bonds is 3. The monoisotopic (exact) mass is 423 g/mol. The molecule has 2 amide bonds. The Morgan fingerprint density at radius 1 is 1.00 bits per heavy atom. The van der Waals surface area contributed by atoms with Crippen molar-refractivity contribution >= 4 is 44.4 Å². The Bertz CT molecular complexity index is 1180. The van der Waals surface area contributed by atoms with Crippen LogP contribution < -0.4 is 16.2 Å². The Morgan fingerprint density at radius 2 is 1.78 bits per heavy atom. The fraction of sp³-hybridized carbons (Fsp3) is 0. The van der Waals surface area contributed by atoms with Gasteiger partial charge in [0, 0.05) is 33.5 Å². The van der Waals surface area contributed by atoms with Crippen LogP contribution in [0.1, 0.15) is 0 Å². The Hall–Kier alpha value is -3.39. The molecule has 0 saturated heterocycles. The van der Waals surface area contributed by atoms with Gasteiger partial charge >= 0.3 is 6.03 Å². The zero-order valence-electron chi connectivity index (χ0n) is 13.9. The molecule has 8 heteroatoms. The first kappa shape index (κ1) is 17.0. The van der Waals surface area contributed by atoms with E-state index in [2.05, 4.69) is 41.7 Å². The molecule has 7 nitrogen and oxygen atoms in total. The van der Waals surface area contributed by atoms with Crippen molar-refractivity contribution in [2.45, 2.75) is 0 Å². The van der Waals surface area contributed by atoms with Crippen molar-refractivity contribution in [3.63, 3.8) is 0 Å². The topological polar surface area (TPSA) is 103 Å². The Balaban J connectivity index is 1.53. The number of hydrogen-bond acceptors (Lipinski definition) is 3. The molecule has 4 N–H and O–H groups in total. The van der Waals surface area contributed by atoms with Crippen LogP contribution in [0.25, 0.3) is 22.2 Å². The van der Waals surface area contributed by atoms with Crippen LogP contribution in [0.3, 0.4) is 0 Å². The highest BCUT2D eigenvalue weighted by Gasteiger charge is 2.09. The Kier molecular flexibility index (Phi) is 4.47. The maximum absolute atomic E-state index is 12.1. The van der Waals surface area contributed by atoms with Gasteiger partial charge in [0.05, 0.1) is 0 Å². The van der Waals surface area contributed by atoms with Gasteiger partial charge in [-0.2, -0.15) is 5.10 Å². The number of carbonyl (C=O) groups excluding carboxylic acids is 1. The molecule has 0 radical (unpaired) electrons. The number of aromatic nitrogens is 3. The Labute approximate surface area is 161 Å². The van der Waals surface area contributed by atoms with E-state index in [9.17, 15) is 9.59 Å². The first-order valence-corrected chi connectivity index (χ1v) is 8.88. The average molecular weight is 424 g/mol. The molecule has 0 fully saturated rings. The number of benzene rings is 2. The lowest BCUT2D eigenvalue weighted by Crippen LogP contribution is -2.19. The minimum absolute atomic E-state index is 0.222. The summed E-state index contributed by atoms with van der Waals surface area (Å²) >= 11 is 3.37. The molecule has 0 aliphatic rings. The summed E-state index contributed by atoms with van der Waals surface area (Å²) in [6.45, 7) is 0. The lowest BCUT2D eigenvalue weighted by Gasteiger charge is -2.09. The molecular formula is C19H14BrN5O2. The second kappa shape index (κ2) is 7.08. The smallest absolute Gasteiger partial charge is 0.308 e. The molecule has 0 atom stereocenters. The summed E-state index contributed by atoms with van der Waals surface area (Å²) in [5.41, 5.74) is 3.23. The van der Waals surface area contributed by atoms with Crippen molar-refractivity contribution in [1.29, 1.82) is 0 Å². The molecule has 27 heavy (non-hydrogen) atoms. The van der Waals surface area contributed by atoms with E-state index in [1.54, 1.807) is 24.4 Å². The van der Waals surface area contributed by atoms with Crippen molar-refractivity contribution in [1.82, 2.24) is 15.2 Å². The van der Waals surface area contributed by atoms with Crippen LogP contribution >= 0.6 is 15.9 Å². The first-order chi connectivity index (χ1) is 13.1. The summed E-state index contributed by atoms with van der Waals surface area (Å²) < 4.78 is 0.882. The van der Waals surface area contributed by atoms with Crippen LogP contribution in [-0.4, -0.2) is 21.2 Å². The van der Waals surface area contributed by atoms with Crippen LogP contribution in [0.5, 0.6) is 0 Å². The molecule has 134 valence electrons. The number of aromatic amines is 2. The molecule has 0 aliphatic heterocycles. The van der Waals surface area contributed by atoms with Crippen molar-refractivity contribution in [3.05, 3.63) is 75.6 Å². The summed E-state index contributed by atoms with van der Waals surface area (Å²) in [7, 11) is 0. The van der Waals surface area contributed by atoms with Crippen LogP contribution in [0, 0.1) is 0 Å². The summed E-state index contributed by atoms with van der Waals surface area (Å²) in [6, 6.07) is 15.8. The van der Waals surface area contributed by atoms with Gasteiger partial charge in [0.1, 0.15) is 0 Å². The lowest BCUT2D eigenvalue weighted by molar-refractivity contribution is 0.262. The molecule has 4 rings (SSSR count). The van der Waals surface area contributed by atoms with Gasteiger partial charge in [0.15, 0.2) is 5.65 Å². The summed E-state index contributed by atoms with van der Waals surface area (Å²) in [5.74, 6) is 0. The molecule has 2 heterocycles. The maximum Gasteiger partial charge on any atom is 0.323 e. The molecule has 2 aromatic heterocycles. The van der Waals surface area contributed by atoms with Crippen molar-refractivity contribution < 1.29 is 4.79 Å². The number of nitrogens with one attached hydrogen (secondary N) is 4. The third-order valence-electron chi connectivity index (χ3n) is 3.98. The van der Waals surface area contributed by atoms with Gasteiger partial charge in [0.2, 0.25) is 5.56 Å². The van der Waals surface area contributed by atoms with Crippen LogP contribution in [-0.2, 0) is 0 Å². The average Bonchev–Trinajstić information content (AvgIpc) is 3.10. The van der Waals surface area contributed by atoms with E-state index in [0.29, 0.717) is 17.0 Å². The lowest BCUT2D eigenvalue weighted by atomic mass is 10.0. The quantitative estimate of drug-likeness (QED) is 0.394. The summed E-state index contributed by atoms with van der Waals surface area (Å²) in [4.78, 5) is 26.6. The van der Waals surface area contributed by atoms with E-state index in [4.69, 9.17) is 0 Å². The number of hydrogen-bond donors (Lipinski definition) is 4. The van der Waals surface area contributed by atoms with E-state index in [1.807, 2.05) is 30.3 Å². The third kappa shape index (κ3) is 3.75. The van der Waals surface area contributed by atoms with Gasteiger partial charge in [0.25, 0.3) is 0 Å². The van der Waals surface area contributed by atoms with Crippen molar-refractivity contribution in [2.75, 3.05) is 10.6 Å². The number of H-pyrrole nitrogens is 2. The molecule has 0 unspecified atom stereocenters. The van der Waals surface area contributed by atoms with Gasteiger partial charge in [-0.3, -0.25) is 9.89 Å². The molecule has 0 saturated carbocycles. The SMILES string of the molecule is O=C(Nc1ccc(-c2cc(=O)[nH]c3n[nH]cc23)cc1)Nc1cccc(Br)c1. The van der Waals surface area contributed by atoms with Crippen LogP contribution in [0.2, 0.25) is 0 Å². The van der Waals surface area contributed by atoms with E-state index in [1.165, 1.54) is 6.07 Å². The first-order valence-electron chi connectivity index (χ1n) is 8.09. The van der Waals surface area contributed by atoms with E-state index in [-0.39, 0.29) is 11.6 Å². The fourth-order valence-electron chi connectivity index (χ4n) is 2.78. The molecule has 4 aromatic rings. The summed E-state index contributed by atoms with van der Waals surface area (Å²) in [6.07, 6.45) is 1.73.